The molecule has 2 aromatic rings. The van der Waals surface area contributed by atoms with E-state index in [1.54, 1.807) is 6.07 Å². The molecule has 2 heteroatoms. The van der Waals surface area contributed by atoms with Crippen LogP contribution < -0.4 is 0 Å². The van der Waals surface area contributed by atoms with Crippen molar-refractivity contribution in [3.63, 3.8) is 0 Å². The average molecular weight is 355 g/mol. The quantitative estimate of drug-likeness (QED) is 0.669. The van der Waals surface area contributed by atoms with Crippen LogP contribution in [0.5, 0.6) is 11.5 Å². The number of aromatic hydroxyl groups is 2. The summed E-state index contributed by atoms with van der Waals surface area (Å²) in [6.45, 7) is 17.0. The van der Waals surface area contributed by atoms with Gasteiger partial charge in [-0.2, -0.15) is 0 Å². The molecule has 0 unspecified atom stereocenters. The summed E-state index contributed by atoms with van der Waals surface area (Å²) < 4.78 is 0. The minimum Gasteiger partial charge on any atom is -0.508 e. The molecule has 0 aliphatic rings. The highest BCUT2D eigenvalue weighted by atomic mass is 16.3. The molecule has 0 fully saturated rings. The Kier molecular flexibility index (Phi) is 5.46. The van der Waals surface area contributed by atoms with Crippen molar-refractivity contribution in [3.8, 4) is 11.5 Å². The van der Waals surface area contributed by atoms with E-state index in [9.17, 15) is 10.2 Å². The molecule has 0 radical (unpaired) electrons. The van der Waals surface area contributed by atoms with Gasteiger partial charge in [-0.05, 0) is 50.6 Å². The predicted molar refractivity (Wildman–Crippen MR) is 111 cm³/mol. The fraction of sp³-hybridized carbons (Fsp3) is 0.500. The fourth-order valence-electron chi connectivity index (χ4n) is 3.27. The van der Waals surface area contributed by atoms with Crippen LogP contribution in [0.2, 0.25) is 0 Å². The number of hydrogen-bond donors (Lipinski definition) is 2. The normalized spacial score (nSPS) is 12.7. The summed E-state index contributed by atoms with van der Waals surface area (Å²) in [7, 11) is 0. The van der Waals surface area contributed by atoms with Crippen molar-refractivity contribution in [2.24, 2.45) is 0 Å². The van der Waals surface area contributed by atoms with E-state index in [0.717, 1.165) is 22.3 Å². The Hall–Kier alpha value is -1.96. The molecule has 0 atom stereocenters. The van der Waals surface area contributed by atoms with Gasteiger partial charge < -0.3 is 10.2 Å². The van der Waals surface area contributed by atoms with Crippen LogP contribution in [-0.4, -0.2) is 10.2 Å². The molecule has 0 saturated carbocycles. The Bertz CT molecular complexity index is 752. The fourth-order valence-corrected chi connectivity index (χ4v) is 3.27. The first-order chi connectivity index (χ1) is 11.8. The Morgan fingerprint density at radius 1 is 0.808 bits per heavy atom. The third kappa shape index (κ3) is 4.41. The van der Waals surface area contributed by atoms with Crippen LogP contribution >= 0.6 is 0 Å². The first-order valence-electron chi connectivity index (χ1n) is 9.49. The van der Waals surface area contributed by atoms with E-state index in [2.05, 4.69) is 73.6 Å². The standard InChI is InChI=1S/C24H34O2/c1-15(2)17-9-10-21(25)18(14-17)11-16-12-19(23(3,4)5)22(26)20(13-16)24(6,7)8/h9-10,12-15,25-26H,11H2,1-8H3. The van der Waals surface area contributed by atoms with Gasteiger partial charge in [0, 0.05) is 6.42 Å². The summed E-state index contributed by atoms with van der Waals surface area (Å²) >= 11 is 0. The van der Waals surface area contributed by atoms with Gasteiger partial charge in [-0.3, -0.25) is 0 Å². The molecule has 0 aliphatic carbocycles. The zero-order valence-electron chi connectivity index (χ0n) is 17.6. The van der Waals surface area contributed by atoms with Crippen molar-refractivity contribution < 1.29 is 10.2 Å². The predicted octanol–water partition coefficient (Wildman–Crippen LogP) is 6.41. The van der Waals surface area contributed by atoms with Crippen LogP contribution in [0.4, 0.5) is 0 Å². The van der Waals surface area contributed by atoms with Crippen molar-refractivity contribution in [2.45, 2.75) is 78.6 Å². The van der Waals surface area contributed by atoms with Gasteiger partial charge in [-0.25, -0.2) is 0 Å². The second-order valence-corrected chi connectivity index (χ2v) is 9.76. The largest absolute Gasteiger partial charge is 0.508 e. The number of phenols is 2. The lowest BCUT2D eigenvalue weighted by Crippen LogP contribution is -2.18. The minimum absolute atomic E-state index is 0.151. The van der Waals surface area contributed by atoms with Crippen LogP contribution in [0, 0.1) is 0 Å². The van der Waals surface area contributed by atoms with E-state index >= 15 is 0 Å². The molecule has 0 saturated heterocycles. The van der Waals surface area contributed by atoms with Gasteiger partial charge >= 0.3 is 0 Å². The molecule has 0 aromatic heterocycles. The molecule has 0 bridgehead atoms. The Balaban J connectivity index is 2.59. The van der Waals surface area contributed by atoms with Crippen molar-refractivity contribution >= 4 is 0 Å². The monoisotopic (exact) mass is 354 g/mol. The number of phenolic OH excluding ortho intramolecular Hbond substituents is 2. The van der Waals surface area contributed by atoms with Gasteiger partial charge in [0.1, 0.15) is 11.5 Å². The Morgan fingerprint density at radius 3 is 1.73 bits per heavy atom. The van der Waals surface area contributed by atoms with Crippen LogP contribution in [0.3, 0.4) is 0 Å². The molecule has 0 heterocycles. The van der Waals surface area contributed by atoms with Crippen molar-refractivity contribution in [2.75, 3.05) is 0 Å². The molecule has 0 spiro atoms. The third-order valence-electron chi connectivity index (χ3n) is 4.95. The molecule has 0 aliphatic heterocycles. The summed E-state index contributed by atoms with van der Waals surface area (Å²) in [4.78, 5) is 0. The zero-order valence-corrected chi connectivity index (χ0v) is 17.6. The summed E-state index contributed by atoms with van der Waals surface area (Å²) in [5.74, 6) is 1.15. The zero-order chi connectivity index (χ0) is 19.9. The summed E-state index contributed by atoms with van der Waals surface area (Å²) in [6.07, 6.45) is 0.652. The van der Waals surface area contributed by atoms with E-state index < -0.39 is 0 Å². The average Bonchev–Trinajstić information content (AvgIpc) is 2.48. The summed E-state index contributed by atoms with van der Waals surface area (Å²) in [5.41, 5.74) is 4.89. The smallest absolute Gasteiger partial charge is 0.123 e. The number of hydrogen-bond acceptors (Lipinski definition) is 2. The lowest BCUT2D eigenvalue weighted by molar-refractivity contribution is 0.422. The third-order valence-corrected chi connectivity index (χ3v) is 4.95. The van der Waals surface area contributed by atoms with Gasteiger partial charge in [0.05, 0.1) is 0 Å². The molecule has 2 aromatic carbocycles. The molecule has 26 heavy (non-hydrogen) atoms. The highest BCUT2D eigenvalue weighted by molar-refractivity contribution is 5.51. The summed E-state index contributed by atoms with van der Waals surface area (Å²) in [6, 6.07) is 10.1. The van der Waals surface area contributed by atoms with E-state index in [1.165, 1.54) is 5.56 Å². The lowest BCUT2D eigenvalue weighted by atomic mass is 9.78. The number of benzene rings is 2. The van der Waals surface area contributed by atoms with Gasteiger partial charge in [0.25, 0.3) is 0 Å². The first kappa shape index (κ1) is 20.4. The van der Waals surface area contributed by atoms with E-state index in [4.69, 9.17) is 0 Å². The van der Waals surface area contributed by atoms with E-state index in [1.807, 2.05) is 6.07 Å². The second-order valence-electron chi connectivity index (χ2n) is 9.76. The lowest BCUT2D eigenvalue weighted by Gasteiger charge is -2.28. The van der Waals surface area contributed by atoms with Crippen molar-refractivity contribution in [3.05, 3.63) is 58.1 Å². The topological polar surface area (TPSA) is 40.5 Å². The maximum absolute atomic E-state index is 10.9. The maximum atomic E-state index is 10.9. The molecular weight excluding hydrogens is 320 g/mol. The van der Waals surface area contributed by atoms with Crippen molar-refractivity contribution in [1.29, 1.82) is 0 Å². The number of rotatable bonds is 3. The molecule has 2 rings (SSSR count). The highest BCUT2D eigenvalue weighted by Crippen LogP contribution is 2.40. The molecule has 2 N–H and O–H groups in total. The Morgan fingerprint density at radius 2 is 1.31 bits per heavy atom. The molecule has 142 valence electrons. The van der Waals surface area contributed by atoms with Crippen molar-refractivity contribution in [1.82, 2.24) is 0 Å². The SMILES string of the molecule is CC(C)c1ccc(O)c(Cc2cc(C(C)(C)C)c(O)c(C(C)(C)C)c2)c1. The van der Waals surface area contributed by atoms with Crippen LogP contribution in [0.15, 0.2) is 30.3 Å². The van der Waals surface area contributed by atoms with E-state index in [-0.39, 0.29) is 10.8 Å². The molecular formula is C24H34O2. The van der Waals surface area contributed by atoms with Gasteiger partial charge in [-0.15, -0.1) is 0 Å². The van der Waals surface area contributed by atoms with Gasteiger partial charge in [0.2, 0.25) is 0 Å². The maximum Gasteiger partial charge on any atom is 0.123 e. The first-order valence-corrected chi connectivity index (χ1v) is 9.49. The minimum atomic E-state index is -0.151. The highest BCUT2D eigenvalue weighted by Gasteiger charge is 2.26. The summed E-state index contributed by atoms with van der Waals surface area (Å²) in [5, 5.41) is 21.2. The molecule has 0 amide bonds. The van der Waals surface area contributed by atoms with E-state index in [0.29, 0.717) is 23.8 Å². The van der Waals surface area contributed by atoms with Gasteiger partial charge in [-0.1, -0.05) is 79.7 Å². The van der Waals surface area contributed by atoms with Gasteiger partial charge in [0.15, 0.2) is 0 Å². The second kappa shape index (κ2) is 6.98. The molecule has 2 nitrogen and oxygen atoms in total. The van der Waals surface area contributed by atoms with Crippen LogP contribution in [-0.2, 0) is 17.3 Å². The Labute approximate surface area is 158 Å². The van der Waals surface area contributed by atoms with Crippen LogP contribution in [0.25, 0.3) is 0 Å². The van der Waals surface area contributed by atoms with Crippen LogP contribution in [0.1, 0.15) is 89.1 Å².